The second-order valence-corrected chi connectivity index (χ2v) is 5.53. The lowest BCUT2D eigenvalue weighted by molar-refractivity contribution is 0.0320. The van der Waals surface area contributed by atoms with E-state index in [1.807, 2.05) is 35.2 Å². The van der Waals surface area contributed by atoms with Gasteiger partial charge in [0.25, 0.3) is 5.89 Å². The van der Waals surface area contributed by atoms with Crippen molar-refractivity contribution in [3.63, 3.8) is 0 Å². The van der Waals surface area contributed by atoms with Crippen molar-refractivity contribution in [2.45, 2.75) is 6.10 Å². The smallest absolute Gasteiger partial charge is 0.258 e. The first-order valence-electron chi connectivity index (χ1n) is 7.96. The highest BCUT2D eigenvalue weighted by Gasteiger charge is 2.28. The molecule has 3 heterocycles. The first-order valence-corrected chi connectivity index (χ1v) is 7.96. The number of hydrogen-bond acceptors (Lipinski definition) is 8. The van der Waals surface area contributed by atoms with Gasteiger partial charge in [-0.15, -0.1) is 0 Å². The van der Waals surface area contributed by atoms with Gasteiger partial charge in [0.15, 0.2) is 0 Å². The zero-order chi connectivity index (χ0) is 17.1. The molecule has 25 heavy (non-hydrogen) atoms. The SMILES string of the molecule is COc1ccnc(N2CCOC(c3noc(-c4ccccc4)n3)C2)n1. The minimum Gasteiger partial charge on any atom is -0.481 e. The summed E-state index contributed by atoms with van der Waals surface area (Å²) in [7, 11) is 1.58. The number of rotatable bonds is 4. The van der Waals surface area contributed by atoms with E-state index in [9.17, 15) is 0 Å². The van der Waals surface area contributed by atoms with E-state index < -0.39 is 0 Å². The molecule has 1 fully saturated rings. The highest BCUT2D eigenvalue weighted by Crippen LogP contribution is 2.25. The molecule has 1 aliphatic heterocycles. The molecule has 1 atom stereocenters. The van der Waals surface area contributed by atoms with Crippen LogP contribution in [0.1, 0.15) is 11.9 Å². The van der Waals surface area contributed by atoms with Gasteiger partial charge in [0, 0.05) is 24.4 Å². The van der Waals surface area contributed by atoms with E-state index in [0.29, 0.717) is 43.2 Å². The van der Waals surface area contributed by atoms with Crippen LogP contribution in [0.25, 0.3) is 11.5 Å². The molecule has 2 aromatic heterocycles. The van der Waals surface area contributed by atoms with Crippen LogP contribution in [0.15, 0.2) is 47.1 Å². The molecule has 128 valence electrons. The normalized spacial score (nSPS) is 17.5. The van der Waals surface area contributed by atoms with Gasteiger partial charge in [0.05, 0.1) is 20.3 Å². The van der Waals surface area contributed by atoms with Crippen molar-refractivity contribution in [2.75, 3.05) is 31.7 Å². The van der Waals surface area contributed by atoms with Gasteiger partial charge >= 0.3 is 0 Å². The number of aromatic nitrogens is 4. The minimum atomic E-state index is -0.301. The summed E-state index contributed by atoms with van der Waals surface area (Å²) in [5.74, 6) is 2.12. The van der Waals surface area contributed by atoms with Crippen LogP contribution in [0.2, 0.25) is 0 Å². The van der Waals surface area contributed by atoms with Crippen LogP contribution < -0.4 is 9.64 Å². The Hall–Kier alpha value is -3.00. The molecule has 8 heteroatoms. The molecule has 1 saturated heterocycles. The average Bonchev–Trinajstić information content (AvgIpc) is 3.19. The fourth-order valence-electron chi connectivity index (χ4n) is 2.65. The Balaban J connectivity index is 1.52. The zero-order valence-electron chi connectivity index (χ0n) is 13.7. The Morgan fingerprint density at radius 2 is 2.04 bits per heavy atom. The molecule has 4 rings (SSSR count). The maximum absolute atomic E-state index is 5.81. The fraction of sp³-hybridized carbons (Fsp3) is 0.294. The van der Waals surface area contributed by atoms with Crippen LogP contribution in [-0.2, 0) is 4.74 Å². The third-order valence-electron chi connectivity index (χ3n) is 3.93. The molecule has 0 N–H and O–H groups in total. The van der Waals surface area contributed by atoms with Crippen molar-refractivity contribution in [3.8, 4) is 17.3 Å². The summed E-state index contributed by atoms with van der Waals surface area (Å²) in [5.41, 5.74) is 0.880. The molecule has 0 amide bonds. The number of hydrogen-bond donors (Lipinski definition) is 0. The average molecular weight is 339 g/mol. The maximum atomic E-state index is 5.81. The van der Waals surface area contributed by atoms with E-state index in [0.717, 1.165) is 5.56 Å². The maximum Gasteiger partial charge on any atom is 0.258 e. The lowest BCUT2D eigenvalue weighted by Crippen LogP contribution is -2.39. The Morgan fingerprint density at radius 1 is 1.16 bits per heavy atom. The fourth-order valence-corrected chi connectivity index (χ4v) is 2.65. The quantitative estimate of drug-likeness (QED) is 0.714. The van der Waals surface area contributed by atoms with Gasteiger partial charge in [-0.25, -0.2) is 4.98 Å². The third-order valence-corrected chi connectivity index (χ3v) is 3.93. The van der Waals surface area contributed by atoms with Gasteiger partial charge in [0.2, 0.25) is 17.7 Å². The lowest BCUT2D eigenvalue weighted by Gasteiger charge is -2.31. The van der Waals surface area contributed by atoms with Crippen LogP contribution >= 0.6 is 0 Å². The molecule has 1 unspecified atom stereocenters. The molecule has 0 bridgehead atoms. The molecule has 3 aromatic rings. The third kappa shape index (κ3) is 3.29. The molecule has 1 aromatic carbocycles. The number of benzene rings is 1. The van der Waals surface area contributed by atoms with E-state index in [2.05, 4.69) is 20.1 Å². The monoisotopic (exact) mass is 339 g/mol. The van der Waals surface area contributed by atoms with E-state index in [1.165, 1.54) is 0 Å². The summed E-state index contributed by atoms with van der Waals surface area (Å²) in [5, 5.41) is 4.07. The number of ether oxygens (including phenoxy) is 2. The van der Waals surface area contributed by atoms with Crippen molar-refractivity contribution in [3.05, 3.63) is 48.4 Å². The molecule has 1 aliphatic rings. The molecule has 0 radical (unpaired) electrons. The van der Waals surface area contributed by atoms with Gasteiger partial charge in [-0.3, -0.25) is 0 Å². The van der Waals surface area contributed by atoms with Gasteiger partial charge in [-0.1, -0.05) is 23.4 Å². The van der Waals surface area contributed by atoms with Crippen molar-refractivity contribution in [1.29, 1.82) is 0 Å². The Kier molecular flexibility index (Phi) is 4.26. The van der Waals surface area contributed by atoms with E-state index >= 15 is 0 Å². The predicted octanol–water partition coefficient (Wildman–Crippen LogP) is 2.11. The van der Waals surface area contributed by atoms with Gasteiger partial charge in [-0.2, -0.15) is 9.97 Å². The van der Waals surface area contributed by atoms with Gasteiger partial charge < -0.3 is 18.9 Å². The lowest BCUT2D eigenvalue weighted by atomic mass is 10.2. The van der Waals surface area contributed by atoms with Crippen LogP contribution in [0, 0.1) is 0 Å². The van der Waals surface area contributed by atoms with Crippen LogP contribution in [0.3, 0.4) is 0 Å². The first-order chi connectivity index (χ1) is 12.3. The van der Waals surface area contributed by atoms with Crippen LogP contribution in [0.4, 0.5) is 5.95 Å². The molecule has 0 spiro atoms. The van der Waals surface area contributed by atoms with Crippen molar-refractivity contribution < 1.29 is 14.0 Å². The number of morpholine rings is 1. The summed E-state index contributed by atoms with van der Waals surface area (Å²) >= 11 is 0. The Labute approximate surface area is 144 Å². The summed E-state index contributed by atoms with van der Waals surface area (Å²) in [6.45, 7) is 1.76. The Bertz CT molecular complexity index is 839. The van der Waals surface area contributed by atoms with Crippen molar-refractivity contribution in [2.24, 2.45) is 0 Å². The zero-order valence-corrected chi connectivity index (χ0v) is 13.7. The largest absolute Gasteiger partial charge is 0.481 e. The highest BCUT2D eigenvalue weighted by molar-refractivity contribution is 5.52. The molecule has 0 aliphatic carbocycles. The van der Waals surface area contributed by atoms with E-state index in [1.54, 1.807) is 19.4 Å². The molecular formula is C17H17N5O3. The standard InChI is InChI=1S/C17H17N5O3/c1-23-14-7-8-18-17(19-14)22-9-10-24-13(11-22)15-20-16(25-21-15)12-5-3-2-4-6-12/h2-8,13H,9-11H2,1H3. The number of nitrogens with zero attached hydrogens (tertiary/aromatic N) is 5. The van der Waals surface area contributed by atoms with Crippen LogP contribution in [-0.4, -0.2) is 46.9 Å². The predicted molar refractivity (Wildman–Crippen MR) is 89.2 cm³/mol. The van der Waals surface area contributed by atoms with E-state index in [4.69, 9.17) is 14.0 Å². The van der Waals surface area contributed by atoms with Crippen molar-refractivity contribution >= 4 is 5.95 Å². The Morgan fingerprint density at radius 3 is 2.88 bits per heavy atom. The second-order valence-electron chi connectivity index (χ2n) is 5.53. The summed E-state index contributed by atoms with van der Waals surface area (Å²) in [6, 6.07) is 11.4. The van der Waals surface area contributed by atoms with E-state index in [-0.39, 0.29) is 6.10 Å². The van der Waals surface area contributed by atoms with Gasteiger partial charge in [0.1, 0.15) is 6.10 Å². The topological polar surface area (TPSA) is 86.4 Å². The number of methoxy groups -OCH3 is 1. The van der Waals surface area contributed by atoms with Crippen LogP contribution in [0.5, 0.6) is 5.88 Å². The molecule has 8 nitrogen and oxygen atoms in total. The summed E-state index contributed by atoms with van der Waals surface area (Å²) in [6.07, 6.45) is 1.37. The molecular weight excluding hydrogens is 322 g/mol. The summed E-state index contributed by atoms with van der Waals surface area (Å²) in [4.78, 5) is 15.2. The second kappa shape index (κ2) is 6.86. The number of anilines is 1. The highest BCUT2D eigenvalue weighted by atomic mass is 16.5. The van der Waals surface area contributed by atoms with Gasteiger partial charge in [-0.05, 0) is 12.1 Å². The summed E-state index contributed by atoms with van der Waals surface area (Å²) < 4.78 is 16.3. The minimum absolute atomic E-state index is 0.301. The first kappa shape index (κ1) is 15.5. The van der Waals surface area contributed by atoms with Crippen molar-refractivity contribution in [1.82, 2.24) is 20.1 Å². The molecule has 0 saturated carbocycles.